The molecule has 1 aromatic carbocycles. The van der Waals surface area contributed by atoms with Crippen LogP contribution in [-0.2, 0) is 28.0 Å². The summed E-state index contributed by atoms with van der Waals surface area (Å²) in [4.78, 5) is 62.3. The number of likely N-dealkylation sites (tertiary alicyclic amines) is 1. The van der Waals surface area contributed by atoms with Crippen LogP contribution in [0.1, 0.15) is 44.1 Å². The van der Waals surface area contributed by atoms with Crippen LogP contribution in [0.3, 0.4) is 0 Å². The Morgan fingerprint density at radius 3 is 2.28 bits per heavy atom. The normalized spacial score (nSPS) is 19.6. The smallest absolute Gasteiger partial charge is 0.259 e. The van der Waals surface area contributed by atoms with Gasteiger partial charge >= 0.3 is 0 Å². The van der Waals surface area contributed by atoms with Crippen molar-refractivity contribution in [3.63, 3.8) is 0 Å². The molecule has 13 nitrogen and oxygen atoms in total. The summed E-state index contributed by atoms with van der Waals surface area (Å²) in [6, 6.07) is 5.50. The summed E-state index contributed by atoms with van der Waals surface area (Å²) in [6.07, 6.45) is 8.57. The Morgan fingerprint density at radius 2 is 1.64 bits per heavy atom. The molecule has 2 aromatic heterocycles. The summed E-state index contributed by atoms with van der Waals surface area (Å²) >= 11 is 0. The number of methoxy groups -OCH3 is 2. The second kappa shape index (κ2) is 15.2. The molecule has 3 aromatic rings. The maximum absolute atomic E-state index is 13.0. The molecule has 5 heterocycles. The summed E-state index contributed by atoms with van der Waals surface area (Å²) in [5.41, 5.74) is 2.71. The van der Waals surface area contributed by atoms with E-state index >= 15 is 0 Å². The third kappa shape index (κ3) is 7.48. The molecular formula is C37H49N7O6. The first-order chi connectivity index (χ1) is 24.1. The Labute approximate surface area is 293 Å². The van der Waals surface area contributed by atoms with E-state index in [1.54, 1.807) is 36.9 Å². The van der Waals surface area contributed by atoms with Crippen LogP contribution in [0.25, 0.3) is 21.9 Å². The number of rotatable bonds is 11. The lowest BCUT2D eigenvalue weighted by atomic mass is 9.91. The predicted molar refractivity (Wildman–Crippen MR) is 191 cm³/mol. The van der Waals surface area contributed by atoms with Gasteiger partial charge in [0.25, 0.3) is 5.56 Å². The molecule has 0 aliphatic carbocycles. The number of carbonyl (C=O) groups excluding carboxylic acids is 3. The SMILES string of the molecule is COc1cc(-c2cn(C)c(=O)c3cnc(N(C)C)cc23)cc(OC)c1CN1CCC(CCCN2CCN(C3CCC(=O)NC3=O)C(=O)C2)CC1. The van der Waals surface area contributed by atoms with Gasteiger partial charge in [0.2, 0.25) is 17.7 Å². The van der Waals surface area contributed by atoms with Gasteiger partial charge in [-0.15, -0.1) is 0 Å². The van der Waals surface area contributed by atoms with Gasteiger partial charge < -0.3 is 23.8 Å². The number of ether oxygens (including phenoxy) is 2. The number of nitrogens with one attached hydrogen (secondary N) is 1. The van der Waals surface area contributed by atoms with Gasteiger partial charge in [0.05, 0.1) is 31.7 Å². The standard InChI is InChI=1S/C37H49N7O6/c1-40(2)33-19-26-27(20-38-33)37(48)41(3)21-28(26)25-17-31(49-4)29(32(18-25)50-5)22-43-13-10-24(11-14-43)7-6-12-42-15-16-44(35(46)23-42)30-8-9-34(45)39-36(30)47/h17-21,24,30H,6-16,22-23H2,1-5H3,(H,39,45,47). The number of hydrogen-bond donors (Lipinski definition) is 1. The minimum absolute atomic E-state index is 0.0311. The largest absolute Gasteiger partial charge is 0.496 e. The average Bonchev–Trinajstić information content (AvgIpc) is 3.10. The van der Waals surface area contributed by atoms with E-state index in [0.29, 0.717) is 37.4 Å². The lowest BCUT2D eigenvalue weighted by molar-refractivity contribution is -0.149. The fraction of sp³-hybridized carbons (Fsp3) is 0.541. The minimum Gasteiger partial charge on any atom is -0.496 e. The third-order valence-corrected chi connectivity index (χ3v) is 10.5. The van der Waals surface area contributed by atoms with Crippen LogP contribution >= 0.6 is 0 Å². The Kier molecular flexibility index (Phi) is 10.7. The molecule has 3 amide bonds. The number of imide groups is 1. The van der Waals surface area contributed by atoms with E-state index in [2.05, 4.69) is 20.1 Å². The topological polar surface area (TPSA) is 130 Å². The first kappa shape index (κ1) is 35.3. The van der Waals surface area contributed by atoms with Gasteiger partial charge in [-0.2, -0.15) is 0 Å². The van der Waals surface area contributed by atoms with E-state index in [4.69, 9.17) is 9.47 Å². The molecular weight excluding hydrogens is 638 g/mol. The first-order valence-corrected chi connectivity index (χ1v) is 17.6. The summed E-state index contributed by atoms with van der Waals surface area (Å²) in [5.74, 6) is 2.26. The minimum atomic E-state index is -0.527. The van der Waals surface area contributed by atoms with Gasteiger partial charge in [0.15, 0.2) is 0 Å². The van der Waals surface area contributed by atoms with E-state index < -0.39 is 6.04 Å². The van der Waals surface area contributed by atoms with Gasteiger partial charge in [0.1, 0.15) is 23.4 Å². The van der Waals surface area contributed by atoms with Gasteiger partial charge in [-0.25, -0.2) is 4.98 Å². The Morgan fingerprint density at radius 1 is 0.920 bits per heavy atom. The zero-order valence-corrected chi connectivity index (χ0v) is 29.9. The van der Waals surface area contributed by atoms with Gasteiger partial charge in [-0.05, 0) is 81.4 Å². The monoisotopic (exact) mass is 687 g/mol. The number of anilines is 1. The number of aromatic nitrogens is 2. The second-order valence-electron chi connectivity index (χ2n) is 14.0. The highest BCUT2D eigenvalue weighted by molar-refractivity contribution is 6.02. The number of nitrogens with zero attached hydrogens (tertiary/aromatic N) is 6. The van der Waals surface area contributed by atoms with E-state index in [0.717, 1.165) is 91.3 Å². The fourth-order valence-corrected chi connectivity index (χ4v) is 7.61. The van der Waals surface area contributed by atoms with Crippen molar-refractivity contribution in [1.82, 2.24) is 29.6 Å². The zero-order chi connectivity index (χ0) is 35.5. The first-order valence-electron chi connectivity index (χ1n) is 17.6. The number of fused-ring (bicyclic) bond motifs is 1. The lowest BCUT2D eigenvalue weighted by Crippen LogP contribution is -2.60. The van der Waals surface area contributed by atoms with Crippen molar-refractivity contribution >= 4 is 34.3 Å². The highest BCUT2D eigenvalue weighted by Gasteiger charge is 2.37. The number of piperidine rings is 2. The molecule has 0 bridgehead atoms. The molecule has 50 heavy (non-hydrogen) atoms. The van der Waals surface area contributed by atoms with Crippen molar-refractivity contribution in [3.8, 4) is 22.6 Å². The quantitative estimate of drug-likeness (QED) is 0.301. The van der Waals surface area contributed by atoms with Crippen LogP contribution in [0.2, 0.25) is 0 Å². The molecule has 1 atom stereocenters. The van der Waals surface area contributed by atoms with E-state index in [1.807, 2.05) is 43.4 Å². The van der Waals surface area contributed by atoms with Gasteiger partial charge in [-0.1, -0.05) is 0 Å². The number of pyridine rings is 2. The fourth-order valence-electron chi connectivity index (χ4n) is 7.61. The van der Waals surface area contributed by atoms with Gasteiger partial charge in [-0.3, -0.25) is 34.3 Å². The summed E-state index contributed by atoms with van der Waals surface area (Å²) in [6.45, 7) is 5.13. The van der Waals surface area contributed by atoms with Crippen LogP contribution < -0.4 is 25.2 Å². The number of piperazine rings is 1. The van der Waals surface area contributed by atoms with Crippen LogP contribution in [0.4, 0.5) is 5.82 Å². The van der Waals surface area contributed by atoms with E-state index in [1.165, 1.54) is 0 Å². The molecule has 1 unspecified atom stereocenters. The van der Waals surface area contributed by atoms with Crippen LogP contribution in [0.5, 0.6) is 11.5 Å². The average molecular weight is 688 g/mol. The molecule has 0 radical (unpaired) electrons. The summed E-state index contributed by atoms with van der Waals surface area (Å²) < 4.78 is 13.5. The summed E-state index contributed by atoms with van der Waals surface area (Å²) in [7, 11) is 8.98. The highest BCUT2D eigenvalue weighted by atomic mass is 16.5. The highest BCUT2D eigenvalue weighted by Crippen LogP contribution is 2.39. The number of benzene rings is 1. The molecule has 13 heteroatoms. The van der Waals surface area contributed by atoms with Crippen LogP contribution in [-0.4, -0.2) is 116 Å². The number of amides is 3. The Balaban J connectivity index is 1.05. The number of carbonyl (C=O) groups is 3. The molecule has 6 rings (SSSR count). The third-order valence-electron chi connectivity index (χ3n) is 10.5. The molecule has 0 spiro atoms. The van der Waals surface area contributed by atoms with Gasteiger partial charge in [0, 0.05) is 70.5 Å². The van der Waals surface area contributed by atoms with Crippen molar-refractivity contribution in [3.05, 3.63) is 46.5 Å². The molecule has 268 valence electrons. The van der Waals surface area contributed by atoms with Crippen LogP contribution in [0.15, 0.2) is 35.4 Å². The van der Waals surface area contributed by atoms with E-state index in [9.17, 15) is 19.2 Å². The second-order valence-corrected chi connectivity index (χ2v) is 14.0. The van der Waals surface area contributed by atoms with Crippen LogP contribution in [0, 0.1) is 5.92 Å². The lowest BCUT2D eigenvalue weighted by Gasteiger charge is -2.39. The Hall–Kier alpha value is -4.49. The van der Waals surface area contributed by atoms with Crippen molar-refractivity contribution in [2.75, 3.05) is 72.5 Å². The van der Waals surface area contributed by atoms with Crippen molar-refractivity contribution in [2.45, 2.75) is 51.1 Å². The van der Waals surface area contributed by atoms with Crippen molar-refractivity contribution < 1.29 is 23.9 Å². The molecule has 3 aliphatic heterocycles. The predicted octanol–water partition coefficient (Wildman–Crippen LogP) is 2.63. The van der Waals surface area contributed by atoms with E-state index in [-0.39, 0.29) is 29.7 Å². The molecule has 3 fully saturated rings. The molecule has 1 N–H and O–H groups in total. The maximum Gasteiger partial charge on any atom is 0.259 e. The number of hydrogen-bond acceptors (Lipinski definition) is 10. The Bertz CT molecular complexity index is 1790. The number of aryl methyl sites for hydroxylation is 1. The van der Waals surface area contributed by atoms with Crippen molar-refractivity contribution in [2.24, 2.45) is 13.0 Å². The van der Waals surface area contributed by atoms with Crippen molar-refractivity contribution in [1.29, 1.82) is 0 Å². The molecule has 3 saturated heterocycles. The zero-order valence-electron chi connectivity index (χ0n) is 29.9. The summed E-state index contributed by atoms with van der Waals surface area (Å²) in [5, 5.41) is 3.75. The molecule has 0 saturated carbocycles. The maximum atomic E-state index is 13.0. The molecule has 3 aliphatic rings.